The van der Waals surface area contributed by atoms with Crippen molar-refractivity contribution in [3.63, 3.8) is 0 Å². The molecule has 0 spiro atoms. The molecule has 0 heterocycles. The Kier molecular flexibility index (Phi) is 5.47. The monoisotopic (exact) mass is 342 g/mol. The Labute approximate surface area is 155 Å². The average Bonchev–Trinajstić information content (AvgIpc) is 2.45. The third-order valence-corrected chi connectivity index (χ3v) is 7.26. The van der Waals surface area contributed by atoms with Crippen molar-refractivity contribution in [3.05, 3.63) is 41.5 Å². The Bertz CT molecular complexity index is 628. The summed E-state index contributed by atoms with van der Waals surface area (Å²) >= 11 is 0. The second-order valence-corrected chi connectivity index (χ2v) is 10.5. The highest BCUT2D eigenvalue weighted by atomic mass is 16.3. The molecule has 0 saturated heterocycles. The van der Waals surface area contributed by atoms with Crippen LogP contribution in [0.5, 0.6) is 5.75 Å². The quantitative estimate of drug-likeness (QED) is 0.584. The van der Waals surface area contributed by atoms with Gasteiger partial charge in [0.1, 0.15) is 5.75 Å². The van der Waals surface area contributed by atoms with Gasteiger partial charge in [-0.25, -0.2) is 0 Å². The second-order valence-electron chi connectivity index (χ2n) is 10.5. The van der Waals surface area contributed by atoms with E-state index in [0.717, 1.165) is 6.42 Å². The molecule has 0 aromatic heterocycles. The normalized spacial score (nSPS) is 22.6. The van der Waals surface area contributed by atoms with Gasteiger partial charge < -0.3 is 5.11 Å². The van der Waals surface area contributed by atoms with Crippen LogP contribution in [0.2, 0.25) is 0 Å². The summed E-state index contributed by atoms with van der Waals surface area (Å²) in [6.45, 7) is 19.1. The van der Waals surface area contributed by atoms with Crippen molar-refractivity contribution >= 4 is 0 Å². The molecule has 0 amide bonds. The van der Waals surface area contributed by atoms with Crippen LogP contribution < -0.4 is 0 Å². The van der Waals surface area contributed by atoms with Crippen molar-refractivity contribution in [2.24, 2.45) is 28.1 Å². The molecule has 1 aromatic rings. The van der Waals surface area contributed by atoms with Crippen LogP contribution in [0.1, 0.15) is 73.8 Å². The van der Waals surface area contributed by atoms with Gasteiger partial charge in [0.2, 0.25) is 0 Å². The number of phenols is 1. The van der Waals surface area contributed by atoms with E-state index in [9.17, 15) is 5.11 Å². The van der Waals surface area contributed by atoms with Crippen LogP contribution in [0, 0.1) is 28.1 Å². The number of allylic oxidation sites excluding steroid dienone is 2. The van der Waals surface area contributed by atoms with Gasteiger partial charge in [-0.2, -0.15) is 0 Å². The number of benzene rings is 1. The third-order valence-electron chi connectivity index (χ3n) is 7.26. The maximum Gasteiger partial charge on any atom is 0.115 e. The summed E-state index contributed by atoms with van der Waals surface area (Å²) in [5.41, 5.74) is 3.57. The molecular weight excluding hydrogens is 304 g/mol. The summed E-state index contributed by atoms with van der Waals surface area (Å²) in [6, 6.07) is 7.76. The zero-order valence-corrected chi connectivity index (χ0v) is 17.6. The van der Waals surface area contributed by atoms with E-state index in [0.29, 0.717) is 28.4 Å². The van der Waals surface area contributed by atoms with Crippen molar-refractivity contribution < 1.29 is 5.11 Å². The van der Waals surface area contributed by atoms with Crippen molar-refractivity contribution in [2.75, 3.05) is 0 Å². The summed E-state index contributed by atoms with van der Waals surface area (Å²) in [4.78, 5) is 0. The van der Waals surface area contributed by atoms with Gasteiger partial charge >= 0.3 is 0 Å². The molecule has 25 heavy (non-hydrogen) atoms. The number of aromatic hydroxyl groups is 1. The first-order valence-corrected chi connectivity index (χ1v) is 9.79. The van der Waals surface area contributed by atoms with Crippen molar-refractivity contribution in [3.8, 4) is 5.75 Å². The lowest BCUT2D eigenvalue weighted by molar-refractivity contribution is 0.0259. The predicted molar refractivity (Wildman–Crippen MR) is 109 cm³/mol. The van der Waals surface area contributed by atoms with Gasteiger partial charge in [-0.05, 0) is 72.0 Å². The number of hydrogen-bond acceptors (Lipinski definition) is 1. The molecule has 1 N–H and O–H groups in total. The molecule has 2 unspecified atom stereocenters. The molecule has 0 fully saturated rings. The standard InChI is InChI=1S/C24H38O/c1-17-12-13-19(24(7,8)22(2,3)4)15-21(17)23(5,6)16-18-10-9-11-20(25)14-18/h9-12,14,19,21,25H,13,15-16H2,1-8H3. The molecule has 1 aromatic carbocycles. The molecule has 1 aliphatic rings. The summed E-state index contributed by atoms with van der Waals surface area (Å²) in [5.74, 6) is 1.68. The van der Waals surface area contributed by atoms with Gasteiger partial charge in [0.25, 0.3) is 0 Å². The van der Waals surface area contributed by atoms with Gasteiger partial charge in [0, 0.05) is 0 Å². The molecule has 0 saturated carbocycles. The minimum absolute atomic E-state index is 0.182. The molecule has 0 radical (unpaired) electrons. The highest BCUT2D eigenvalue weighted by Gasteiger charge is 2.44. The van der Waals surface area contributed by atoms with Crippen LogP contribution in [0.15, 0.2) is 35.9 Å². The van der Waals surface area contributed by atoms with Crippen LogP contribution in [-0.2, 0) is 6.42 Å². The number of rotatable bonds is 4. The lowest BCUT2D eigenvalue weighted by Crippen LogP contribution is -2.41. The molecular formula is C24H38O. The zero-order valence-electron chi connectivity index (χ0n) is 17.6. The van der Waals surface area contributed by atoms with E-state index in [4.69, 9.17) is 0 Å². The fourth-order valence-corrected chi connectivity index (χ4v) is 4.49. The van der Waals surface area contributed by atoms with Gasteiger partial charge in [-0.1, -0.05) is 72.2 Å². The summed E-state index contributed by atoms with van der Waals surface area (Å²) in [7, 11) is 0. The average molecular weight is 343 g/mol. The van der Waals surface area contributed by atoms with Gasteiger partial charge in [0.05, 0.1) is 0 Å². The van der Waals surface area contributed by atoms with Crippen LogP contribution in [0.3, 0.4) is 0 Å². The molecule has 2 rings (SSSR count). The maximum atomic E-state index is 9.80. The van der Waals surface area contributed by atoms with E-state index in [2.05, 4.69) is 67.5 Å². The largest absolute Gasteiger partial charge is 0.508 e. The highest BCUT2D eigenvalue weighted by Crippen LogP contribution is 2.53. The Hall–Kier alpha value is -1.24. The van der Waals surface area contributed by atoms with E-state index in [-0.39, 0.29) is 5.41 Å². The van der Waals surface area contributed by atoms with E-state index in [1.54, 1.807) is 11.6 Å². The first-order chi connectivity index (χ1) is 11.3. The molecule has 140 valence electrons. The second kappa shape index (κ2) is 6.82. The minimum atomic E-state index is 0.182. The smallest absolute Gasteiger partial charge is 0.115 e. The minimum Gasteiger partial charge on any atom is -0.508 e. The van der Waals surface area contributed by atoms with Crippen LogP contribution in [-0.4, -0.2) is 5.11 Å². The van der Waals surface area contributed by atoms with E-state index < -0.39 is 0 Å². The SMILES string of the molecule is CC1=CCC(C(C)(C)C(C)(C)C)CC1C(C)(C)Cc1cccc(O)c1. The summed E-state index contributed by atoms with van der Waals surface area (Å²) in [6.07, 6.45) is 5.96. The number of phenolic OH excluding ortho intramolecular Hbond substituents is 1. The van der Waals surface area contributed by atoms with E-state index in [1.165, 1.54) is 18.4 Å². The van der Waals surface area contributed by atoms with Gasteiger partial charge in [0.15, 0.2) is 0 Å². The van der Waals surface area contributed by atoms with Crippen LogP contribution >= 0.6 is 0 Å². The van der Waals surface area contributed by atoms with E-state index in [1.807, 2.05) is 12.1 Å². The zero-order chi connectivity index (χ0) is 19.0. The maximum absolute atomic E-state index is 9.80. The molecule has 1 nitrogen and oxygen atoms in total. The van der Waals surface area contributed by atoms with Crippen molar-refractivity contribution in [2.45, 2.75) is 74.7 Å². The molecule has 1 aliphatic carbocycles. The van der Waals surface area contributed by atoms with Gasteiger partial charge in [-0.3, -0.25) is 0 Å². The molecule has 0 aliphatic heterocycles. The Morgan fingerprint density at radius 2 is 1.68 bits per heavy atom. The summed E-state index contributed by atoms with van der Waals surface area (Å²) in [5, 5.41) is 9.80. The van der Waals surface area contributed by atoms with Crippen molar-refractivity contribution in [1.82, 2.24) is 0 Å². The van der Waals surface area contributed by atoms with Gasteiger partial charge in [-0.15, -0.1) is 0 Å². The molecule has 2 atom stereocenters. The van der Waals surface area contributed by atoms with E-state index >= 15 is 0 Å². The molecule has 1 heteroatoms. The summed E-state index contributed by atoms with van der Waals surface area (Å²) < 4.78 is 0. The number of hydrogen-bond donors (Lipinski definition) is 1. The van der Waals surface area contributed by atoms with Crippen LogP contribution in [0.4, 0.5) is 0 Å². The topological polar surface area (TPSA) is 20.2 Å². The first-order valence-electron chi connectivity index (χ1n) is 9.79. The first kappa shape index (κ1) is 20.1. The fraction of sp³-hybridized carbons (Fsp3) is 0.667. The highest BCUT2D eigenvalue weighted by molar-refractivity contribution is 5.28. The van der Waals surface area contributed by atoms with Crippen LogP contribution in [0.25, 0.3) is 0 Å². The van der Waals surface area contributed by atoms with Crippen molar-refractivity contribution in [1.29, 1.82) is 0 Å². The third kappa shape index (κ3) is 4.30. The Balaban J connectivity index is 2.24. The fourth-order valence-electron chi connectivity index (χ4n) is 4.49. The lowest BCUT2D eigenvalue weighted by atomic mass is 9.55. The predicted octanol–water partition coefficient (Wildman–Crippen LogP) is 7.01. The lowest BCUT2D eigenvalue weighted by Gasteiger charge is -2.50. The molecule has 0 bridgehead atoms. The Morgan fingerprint density at radius 3 is 2.24 bits per heavy atom. The Morgan fingerprint density at radius 1 is 1.04 bits per heavy atom.